The number of allylic oxidation sites excluding steroid dienone is 1. The van der Waals surface area contributed by atoms with Crippen LogP contribution in [0, 0.1) is 0 Å². The van der Waals surface area contributed by atoms with Gasteiger partial charge in [0.05, 0.1) is 24.4 Å². The molecule has 0 spiro atoms. The van der Waals surface area contributed by atoms with Crippen molar-refractivity contribution >= 4 is 71.6 Å². The lowest BCUT2D eigenvalue weighted by Gasteiger charge is -2.27. The second kappa shape index (κ2) is 18.5. The van der Waals surface area contributed by atoms with Crippen molar-refractivity contribution in [3.05, 3.63) is 12.3 Å². The summed E-state index contributed by atoms with van der Waals surface area (Å²) >= 11 is 21.8. The fraction of sp³-hybridized carbons (Fsp3) is 0.810. The van der Waals surface area contributed by atoms with Crippen molar-refractivity contribution in [2.24, 2.45) is 0 Å². The molecular weight excluding hydrogens is 562 g/mol. The van der Waals surface area contributed by atoms with Gasteiger partial charge in [-0.1, -0.05) is 12.5 Å². The molecule has 8 nitrogen and oxygen atoms in total. The molecule has 14 heteroatoms. The standard InChI is InChI=1S/C21H44N4O4P2S4/c1-16(2)26-30(34,27-17(3)4)24-20(32)22-14-12-10-9-11-13-15-23-21(33)25-31(35,28-18(5)6)29-19(7)8/h12,14,16-19H,9-11,13,15H2,1-8H3,(H2,22,24,32,34)(H2,23,25,33,35). The lowest BCUT2D eigenvalue weighted by Crippen LogP contribution is -2.35. The molecule has 0 aliphatic heterocycles. The van der Waals surface area contributed by atoms with Crippen molar-refractivity contribution in [2.75, 3.05) is 6.54 Å². The van der Waals surface area contributed by atoms with Crippen LogP contribution in [0.25, 0.3) is 0 Å². The summed E-state index contributed by atoms with van der Waals surface area (Å²) in [6, 6.07) is 0. The number of nitrogens with one attached hydrogen (secondary N) is 4. The van der Waals surface area contributed by atoms with Crippen LogP contribution in [0.3, 0.4) is 0 Å². The smallest absolute Gasteiger partial charge is 0.289 e. The molecule has 4 N–H and O–H groups in total. The third kappa shape index (κ3) is 20.0. The Hall–Kier alpha value is 0.260. The summed E-state index contributed by atoms with van der Waals surface area (Å²) in [6.45, 7) is 10.7. The second-order valence-corrected chi connectivity index (χ2v) is 15.8. The summed E-state index contributed by atoms with van der Waals surface area (Å²) in [7, 11) is 0. The van der Waals surface area contributed by atoms with Gasteiger partial charge in [0.2, 0.25) is 0 Å². The highest BCUT2D eigenvalue weighted by Gasteiger charge is 2.24. The Kier molecular flexibility index (Phi) is 18.6. The Morgan fingerprint density at radius 1 is 0.686 bits per heavy atom. The van der Waals surface area contributed by atoms with E-state index in [1.807, 2.05) is 67.7 Å². The third-order valence-corrected chi connectivity index (χ3v) is 9.68. The van der Waals surface area contributed by atoms with Crippen LogP contribution in [0.4, 0.5) is 0 Å². The number of unbranched alkanes of at least 4 members (excludes halogenated alkanes) is 3. The van der Waals surface area contributed by atoms with Crippen molar-refractivity contribution in [2.45, 2.75) is 105 Å². The van der Waals surface area contributed by atoms with Gasteiger partial charge in [-0.15, -0.1) is 0 Å². The van der Waals surface area contributed by atoms with Crippen molar-refractivity contribution in [3.63, 3.8) is 0 Å². The van der Waals surface area contributed by atoms with Crippen LogP contribution in [-0.4, -0.2) is 41.2 Å². The van der Waals surface area contributed by atoms with E-state index in [1.165, 1.54) is 0 Å². The quantitative estimate of drug-likeness (QED) is 0.0872. The normalized spacial score (nSPS) is 12.7. The van der Waals surface area contributed by atoms with Gasteiger partial charge in [0.1, 0.15) is 0 Å². The van der Waals surface area contributed by atoms with Gasteiger partial charge in [-0.3, -0.25) is 10.2 Å². The number of hydrogen-bond acceptors (Lipinski definition) is 8. The first-order valence-corrected chi connectivity index (χ1v) is 18.0. The van der Waals surface area contributed by atoms with Gasteiger partial charge in [-0.2, -0.15) is 0 Å². The van der Waals surface area contributed by atoms with Gasteiger partial charge < -0.3 is 28.7 Å². The average Bonchev–Trinajstić information content (AvgIpc) is 2.62. The highest BCUT2D eigenvalue weighted by molar-refractivity contribution is 8.09. The van der Waals surface area contributed by atoms with Crippen LogP contribution in [0.2, 0.25) is 0 Å². The Balaban J connectivity index is 4.20. The van der Waals surface area contributed by atoms with Crippen LogP contribution in [0.15, 0.2) is 12.3 Å². The van der Waals surface area contributed by atoms with Crippen LogP contribution < -0.4 is 20.8 Å². The predicted octanol–water partition coefficient (Wildman–Crippen LogP) is 6.14. The van der Waals surface area contributed by atoms with E-state index in [0.29, 0.717) is 10.2 Å². The molecule has 0 saturated heterocycles. The first-order chi connectivity index (χ1) is 16.2. The summed E-state index contributed by atoms with van der Waals surface area (Å²) < 4.78 is 23.2. The summed E-state index contributed by atoms with van der Waals surface area (Å²) in [5.41, 5.74) is 0. The van der Waals surface area contributed by atoms with Gasteiger partial charge in [0, 0.05) is 6.54 Å². The van der Waals surface area contributed by atoms with E-state index >= 15 is 0 Å². The molecule has 0 bridgehead atoms. The molecule has 0 saturated carbocycles. The fourth-order valence-electron chi connectivity index (χ4n) is 2.57. The van der Waals surface area contributed by atoms with Crippen LogP contribution in [0.5, 0.6) is 0 Å². The zero-order valence-electron chi connectivity index (χ0n) is 22.2. The number of hydrogen-bond donors (Lipinski definition) is 4. The topological polar surface area (TPSA) is 85.0 Å². The van der Waals surface area contributed by atoms with Crippen molar-refractivity contribution in [1.82, 2.24) is 20.8 Å². The van der Waals surface area contributed by atoms with Gasteiger partial charge in [0.15, 0.2) is 10.2 Å². The summed E-state index contributed by atoms with van der Waals surface area (Å²) in [6.07, 6.45) is 7.60. The maximum absolute atomic E-state index is 5.80. The van der Waals surface area contributed by atoms with Crippen molar-refractivity contribution in [1.29, 1.82) is 0 Å². The maximum atomic E-state index is 5.80. The number of rotatable bonds is 17. The molecular formula is C21H44N4O4P2S4. The Morgan fingerprint density at radius 3 is 1.54 bits per heavy atom. The number of thiocarbonyl (C=S) groups is 2. The minimum atomic E-state index is -2.69. The average molecular weight is 607 g/mol. The molecule has 0 aliphatic carbocycles. The highest BCUT2D eigenvalue weighted by atomic mass is 32.5. The van der Waals surface area contributed by atoms with E-state index in [0.717, 1.165) is 32.2 Å². The highest BCUT2D eigenvalue weighted by Crippen LogP contribution is 2.47. The molecule has 0 aromatic heterocycles. The van der Waals surface area contributed by atoms with Gasteiger partial charge in [-0.25, -0.2) is 0 Å². The minimum Gasteiger partial charge on any atom is -0.362 e. The van der Waals surface area contributed by atoms with Gasteiger partial charge in [-0.05, 0) is 129 Å². The maximum Gasteiger partial charge on any atom is 0.289 e. The fourth-order valence-corrected chi connectivity index (χ4v) is 9.59. The van der Waals surface area contributed by atoms with Gasteiger partial charge >= 0.3 is 0 Å². The zero-order valence-corrected chi connectivity index (χ0v) is 27.2. The zero-order chi connectivity index (χ0) is 27.1. The lowest BCUT2D eigenvalue weighted by molar-refractivity contribution is 0.171. The SMILES string of the molecule is CC(C)OP(=S)(NC(=S)NC=CCCCCCNC(=S)NP(=S)(OC(C)C)OC(C)C)OC(C)C. The molecule has 0 unspecified atom stereocenters. The summed E-state index contributed by atoms with van der Waals surface area (Å²) in [4.78, 5) is 0. The Bertz CT molecular complexity index is 740. The van der Waals surface area contributed by atoms with E-state index in [9.17, 15) is 0 Å². The molecule has 0 amide bonds. The molecule has 0 aromatic carbocycles. The first kappa shape index (κ1) is 35.3. The molecule has 0 fully saturated rings. The first-order valence-electron chi connectivity index (χ1n) is 11.9. The predicted molar refractivity (Wildman–Crippen MR) is 164 cm³/mol. The van der Waals surface area contributed by atoms with E-state index in [2.05, 4.69) is 20.8 Å². The van der Waals surface area contributed by atoms with E-state index < -0.39 is 13.3 Å². The third-order valence-electron chi connectivity index (χ3n) is 3.54. The molecule has 0 aliphatic rings. The van der Waals surface area contributed by atoms with Crippen LogP contribution >= 0.6 is 37.7 Å². The monoisotopic (exact) mass is 606 g/mol. The van der Waals surface area contributed by atoms with Crippen LogP contribution in [-0.2, 0) is 41.7 Å². The van der Waals surface area contributed by atoms with Gasteiger partial charge in [0.25, 0.3) is 13.3 Å². The molecule has 0 radical (unpaired) electrons. The van der Waals surface area contributed by atoms with E-state index in [1.54, 1.807) is 0 Å². The summed E-state index contributed by atoms with van der Waals surface area (Å²) in [5.74, 6) is 0. The molecule has 0 atom stereocenters. The van der Waals surface area contributed by atoms with Crippen molar-refractivity contribution in [3.8, 4) is 0 Å². The van der Waals surface area contributed by atoms with E-state index in [4.69, 9.17) is 66.1 Å². The van der Waals surface area contributed by atoms with E-state index in [-0.39, 0.29) is 24.4 Å². The Labute approximate surface area is 233 Å². The minimum absolute atomic E-state index is 0.0510. The van der Waals surface area contributed by atoms with Crippen molar-refractivity contribution < 1.29 is 18.1 Å². The lowest BCUT2D eigenvalue weighted by atomic mass is 10.2. The molecule has 206 valence electrons. The summed E-state index contributed by atoms with van der Waals surface area (Å²) in [5, 5.41) is 13.1. The molecule has 0 rings (SSSR count). The molecule has 0 aromatic rings. The molecule has 0 heterocycles. The second-order valence-electron chi connectivity index (χ2n) is 8.82. The largest absolute Gasteiger partial charge is 0.362 e. The Morgan fingerprint density at radius 2 is 1.11 bits per heavy atom. The van der Waals surface area contributed by atoms with Crippen LogP contribution in [0.1, 0.15) is 81.1 Å². The molecule has 35 heavy (non-hydrogen) atoms.